The first-order valence-electron chi connectivity index (χ1n) is 10.5. The molecule has 3 aromatic heterocycles. The number of aliphatic hydroxyl groups excluding tert-OH is 1. The van der Waals surface area contributed by atoms with Gasteiger partial charge in [0.25, 0.3) is 0 Å². The SMILES string of the molecule is CC(C)(C)OC(=O)n1c(-c2ccc(N3CCC(CO)CC3)nc2F)cc2cccnc21. The van der Waals surface area contributed by atoms with Crippen LogP contribution in [0.5, 0.6) is 0 Å². The summed E-state index contributed by atoms with van der Waals surface area (Å²) in [6, 6.07) is 8.71. The average molecular weight is 426 g/mol. The summed E-state index contributed by atoms with van der Waals surface area (Å²) in [5.74, 6) is 0.183. The van der Waals surface area contributed by atoms with E-state index in [9.17, 15) is 9.90 Å². The van der Waals surface area contributed by atoms with Crippen LogP contribution in [0, 0.1) is 11.9 Å². The Labute approximate surface area is 180 Å². The van der Waals surface area contributed by atoms with E-state index in [1.165, 1.54) is 4.57 Å². The molecular formula is C23H27FN4O3. The molecule has 0 saturated carbocycles. The van der Waals surface area contributed by atoms with Crippen molar-refractivity contribution in [3.8, 4) is 11.3 Å². The van der Waals surface area contributed by atoms with Crippen molar-refractivity contribution >= 4 is 22.9 Å². The third kappa shape index (κ3) is 4.39. The van der Waals surface area contributed by atoms with E-state index in [0.717, 1.165) is 25.9 Å². The predicted octanol–water partition coefficient (Wildman–Crippen LogP) is 4.23. The molecule has 7 nitrogen and oxygen atoms in total. The number of nitrogens with zero attached hydrogens (tertiary/aromatic N) is 4. The fourth-order valence-corrected chi connectivity index (χ4v) is 3.86. The number of carbonyl (C=O) groups excluding carboxylic acids is 1. The molecule has 1 fully saturated rings. The molecule has 4 heterocycles. The molecule has 1 saturated heterocycles. The summed E-state index contributed by atoms with van der Waals surface area (Å²) in [4.78, 5) is 23.4. The molecule has 4 rings (SSSR count). The molecule has 0 aliphatic carbocycles. The maximum absolute atomic E-state index is 15.2. The van der Waals surface area contributed by atoms with Gasteiger partial charge >= 0.3 is 6.09 Å². The van der Waals surface area contributed by atoms with Crippen molar-refractivity contribution in [2.45, 2.75) is 39.2 Å². The van der Waals surface area contributed by atoms with E-state index in [-0.39, 0.29) is 18.1 Å². The van der Waals surface area contributed by atoms with Crippen LogP contribution in [0.4, 0.5) is 15.0 Å². The van der Waals surface area contributed by atoms with E-state index in [0.29, 0.717) is 22.5 Å². The van der Waals surface area contributed by atoms with Crippen LogP contribution < -0.4 is 4.90 Å². The highest BCUT2D eigenvalue weighted by molar-refractivity contribution is 5.94. The number of aliphatic hydroxyl groups is 1. The van der Waals surface area contributed by atoms with Gasteiger partial charge in [-0.15, -0.1) is 0 Å². The number of rotatable bonds is 3. The van der Waals surface area contributed by atoms with Gasteiger partial charge in [0.15, 0.2) is 0 Å². The summed E-state index contributed by atoms with van der Waals surface area (Å²) < 4.78 is 22.0. The van der Waals surface area contributed by atoms with Crippen LogP contribution in [-0.2, 0) is 4.74 Å². The van der Waals surface area contributed by atoms with Crippen molar-refractivity contribution in [1.82, 2.24) is 14.5 Å². The quantitative estimate of drug-likeness (QED) is 0.632. The second-order valence-corrected chi connectivity index (χ2v) is 8.88. The first-order chi connectivity index (χ1) is 14.8. The van der Waals surface area contributed by atoms with Crippen LogP contribution in [0.2, 0.25) is 0 Å². The van der Waals surface area contributed by atoms with E-state index < -0.39 is 17.6 Å². The van der Waals surface area contributed by atoms with Gasteiger partial charge in [-0.1, -0.05) is 0 Å². The molecule has 1 N–H and O–H groups in total. The second kappa shape index (κ2) is 8.26. The fourth-order valence-electron chi connectivity index (χ4n) is 3.86. The normalized spacial score (nSPS) is 15.5. The van der Waals surface area contributed by atoms with Gasteiger partial charge in [-0.3, -0.25) is 0 Å². The van der Waals surface area contributed by atoms with E-state index in [1.54, 1.807) is 51.2 Å². The Morgan fingerprint density at radius 3 is 2.65 bits per heavy atom. The van der Waals surface area contributed by atoms with Crippen LogP contribution in [0.1, 0.15) is 33.6 Å². The smallest absolute Gasteiger partial charge is 0.420 e. The van der Waals surface area contributed by atoms with Crippen molar-refractivity contribution in [3.63, 3.8) is 0 Å². The highest BCUT2D eigenvalue weighted by Gasteiger charge is 2.26. The number of halogens is 1. The Morgan fingerprint density at radius 2 is 2.00 bits per heavy atom. The zero-order valence-electron chi connectivity index (χ0n) is 18.0. The first-order valence-corrected chi connectivity index (χ1v) is 10.5. The number of pyridine rings is 2. The Balaban J connectivity index is 1.72. The summed E-state index contributed by atoms with van der Waals surface area (Å²) >= 11 is 0. The van der Waals surface area contributed by atoms with Gasteiger partial charge in [0.05, 0.1) is 11.3 Å². The number of carbonyl (C=O) groups is 1. The topological polar surface area (TPSA) is 80.5 Å². The van der Waals surface area contributed by atoms with E-state index in [1.807, 2.05) is 11.0 Å². The molecular weight excluding hydrogens is 399 g/mol. The Hall–Kier alpha value is -3.00. The Morgan fingerprint density at radius 1 is 1.26 bits per heavy atom. The van der Waals surface area contributed by atoms with Crippen molar-refractivity contribution in [1.29, 1.82) is 0 Å². The molecule has 0 unspecified atom stereocenters. The number of ether oxygens (including phenoxy) is 1. The lowest BCUT2D eigenvalue weighted by molar-refractivity contribution is 0.0546. The van der Waals surface area contributed by atoms with Gasteiger partial charge in [-0.25, -0.2) is 19.3 Å². The minimum Gasteiger partial charge on any atom is -0.443 e. The molecule has 0 atom stereocenters. The number of hydrogen-bond donors (Lipinski definition) is 1. The number of piperidine rings is 1. The number of aromatic nitrogens is 3. The van der Waals surface area contributed by atoms with Gasteiger partial charge in [-0.05, 0) is 69.9 Å². The summed E-state index contributed by atoms with van der Waals surface area (Å²) in [6.45, 7) is 6.96. The van der Waals surface area contributed by atoms with Crippen LogP contribution in [0.25, 0.3) is 22.3 Å². The third-order valence-electron chi connectivity index (χ3n) is 5.44. The standard InChI is InChI=1S/C23H27FN4O3/c1-23(2,3)31-22(30)28-18(13-16-5-4-10-25-21(16)28)17-6-7-19(26-20(17)24)27-11-8-15(14-29)9-12-27/h4-7,10,13,15,29H,8-9,11-12,14H2,1-3H3. The second-order valence-electron chi connectivity index (χ2n) is 8.88. The van der Waals surface area contributed by atoms with Gasteiger partial charge in [-0.2, -0.15) is 4.39 Å². The van der Waals surface area contributed by atoms with Gasteiger partial charge in [0.1, 0.15) is 17.1 Å². The van der Waals surface area contributed by atoms with Gasteiger partial charge in [0, 0.05) is 31.3 Å². The molecule has 0 bridgehead atoms. The monoisotopic (exact) mass is 426 g/mol. The van der Waals surface area contributed by atoms with Crippen molar-refractivity contribution in [3.05, 3.63) is 42.5 Å². The Bertz CT molecular complexity index is 1100. The summed E-state index contributed by atoms with van der Waals surface area (Å²) in [7, 11) is 0. The molecule has 164 valence electrons. The zero-order valence-corrected chi connectivity index (χ0v) is 18.0. The molecule has 3 aromatic rings. The number of fused-ring (bicyclic) bond motifs is 1. The molecule has 1 aliphatic rings. The van der Waals surface area contributed by atoms with Crippen LogP contribution >= 0.6 is 0 Å². The Kier molecular flexibility index (Phi) is 5.66. The van der Waals surface area contributed by atoms with Crippen LogP contribution in [-0.4, -0.2) is 51.0 Å². The lowest BCUT2D eigenvalue weighted by Crippen LogP contribution is -2.35. The minimum absolute atomic E-state index is 0.178. The third-order valence-corrected chi connectivity index (χ3v) is 5.44. The van der Waals surface area contributed by atoms with Crippen LogP contribution in [0.15, 0.2) is 36.5 Å². The lowest BCUT2D eigenvalue weighted by Gasteiger charge is -2.32. The maximum Gasteiger partial charge on any atom is 0.420 e. The summed E-state index contributed by atoms with van der Waals surface area (Å²) in [6.07, 6.45) is 2.66. The van der Waals surface area contributed by atoms with E-state index in [2.05, 4.69) is 9.97 Å². The average Bonchev–Trinajstić information content (AvgIpc) is 3.12. The highest BCUT2D eigenvalue weighted by Crippen LogP contribution is 2.31. The van der Waals surface area contributed by atoms with Crippen LogP contribution in [0.3, 0.4) is 0 Å². The molecule has 31 heavy (non-hydrogen) atoms. The first kappa shape index (κ1) is 21.2. The fraction of sp³-hybridized carbons (Fsp3) is 0.435. The molecule has 8 heteroatoms. The number of hydrogen-bond acceptors (Lipinski definition) is 6. The van der Waals surface area contributed by atoms with Crippen molar-refractivity contribution in [2.24, 2.45) is 5.92 Å². The lowest BCUT2D eigenvalue weighted by atomic mass is 9.98. The largest absolute Gasteiger partial charge is 0.443 e. The summed E-state index contributed by atoms with van der Waals surface area (Å²) in [5, 5.41) is 10.0. The number of anilines is 1. The predicted molar refractivity (Wildman–Crippen MR) is 117 cm³/mol. The molecule has 1 aliphatic heterocycles. The molecule has 0 spiro atoms. The van der Waals surface area contributed by atoms with Crippen molar-refractivity contribution < 1.29 is 19.0 Å². The van der Waals surface area contributed by atoms with Crippen molar-refractivity contribution in [2.75, 3.05) is 24.6 Å². The minimum atomic E-state index is -0.707. The zero-order chi connectivity index (χ0) is 22.2. The van der Waals surface area contributed by atoms with Gasteiger partial charge < -0.3 is 14.7 Å². The molecule has 0 amide bonds. The highest BCUT2D eigenvalue weighted by atomic mass is 19.1. The van der Waals surface area contributed by atoms with Gasteiger partial charge in [0.2, 0.25) is 5.95 Å². The summed E-state index contributed by atoms with van der Waals surface area (Å²) in [5.41, 5.74) is 0.249. The van der Waals surface area contributed by atoms with E-state index in [4.69, 9.17) is 4.74 Å². The molecule has 0 aromatic carbocycles. The maximum atomic E-state index is 15.2. The molecule has 0 radical (unpaired) electrons. The van der Waals surface area contributed by atoms with E-state index >= 15 is 4.39 Å².